The second-order valence-corrected chi connectivity index (χ2v) is 8.81. The third-order valence-corrected chi connectivity index (χ3v) is 5.92. The van der Waals surface area contributed by atoms with Gasteiger partial charge in [0.25, 0.3) is 5.91 Å². The molecular weight excluding hydrogens is 387 g/mol. The number of carbonyl (C=O) groups excluding carboxylic acids is 3. The van der Waals surface area contributed by atoms with Crippen molar-refractivity contribution in [1.82, 2.24) is 10.2 Å². The van der Waals surface area contributed by atoms with E-state index in [9.17, 15) is 27.6 Å². The lowest BCUT2D eigenvalue weighted by Crippen LogP contribution is -2.51. The van der Waals surface area contributed by atoms with Crippen LogP contribution in [0.2, 0.25) is 0 Å². The minimum absolute atomic E-state index is 0.0986. The maximum atomic E-state index is 13.7. The van der Waals surface area contributed by atoms with Gasteiger partial charge in [-0.25, -0.2) is 18.0 Å². The maximum absolute atomic E-state index is 13.7. The summed E-state index contributed by atoms with van der Waals surface area (Å²) < 4.78 is 40.0. The van der Waals surface area contributed by atoms with Crippen LogP contribution in [0, 0.1) is 28.8 Å². The Kier molecular flexibility index (Phi) is 5.36. The average Bonchev–Trinajstić information content (AvgIpc) is 2.86. The Bertz CT molecular complexity index is 859. The highest BCUT2D eigenvalue weighted by Crippen LogP contribution is 2.43. The normalized spacial score (nSPS) is 24.8. The van der Waals surface area contributed by atoms with Crippen LogP contribution >= 0.6 is 0 Å². The van der Waals surface area contributed by atoms with E-state index in [1.54, 1.807) is 0 Å². The van der Waals surface area contributed by atoms with Gasteiger partial charge in [0.05, 0.1) is 5.69 Å². The van der Waals surface area contributed by atoms with Gasteiger partial charge in [-0.1, -0.05) is 20.8 Å². The molecule has 3 rings (SSSR count). The lowest BCUT2D eigenvalue weighted by molar-refractivity contribution is -0.135. The van der Waals surface area contributed by atoms with Crippen molar-refractivity contribution in [2.45, 2.75) is 52.0 Å². The highest BCUT2D eigenvalue weighted by Gasteiger charge is 2.53. The van der Waals surface area contributed by atoms with Crippen LogP contribution in [-0.2, 0) is 9.59 Å². The zero-order valence-corrected chi connectivity index (χ0v) is 16.6. The number of halogens is 3. The van der Waals surface area contributed by atoms with E-state index in [4.69, 9.17) is 0 Å². The first-order valence-corrected chi connectivity index (χ1v) is 9.52. The van der Waals surface area contributed by atoms with Gasteiger partial charge < -0.3 is 10.6 Å². The van der Waals surface area contributed by atoms with Gasteiger partial charge in [-0.3, -0.25) is 14.5 Å². The molecule has 0 radical (unpaired) electrons. The summed E-state index contributed by atoms with van der Waals surface area (Å²) in [6.07, 6.45) is 2.51. The molecule has 29 heavy (non-hydrogen) atoms. The van der Waals surface area contributed by atoms with Crippen molar-refractivity contribution >= 4 is 23.5 Å². The predicted octanol–water partition coefficient (Wildman–Crippen LogP) is 3.57. The molecule has 6 nitrogen and oxygen atoms in total. The maximum Gasteiger partial charge on any atom is 0.325 e. The largest absolute Gasteiger partial charge is 0.325 e. The fourth-order valence-corrected chi connectivity index (χ4v) is 4.09. The standard InChI is InChI=1S/C20H24F3N3O3/c1-19(2,3)11-6-8-20(9-7-11)17(28)26(18(29)25-20)10-14(27)24-13-5-4-12(21)15(22)16(13)23/h4-5,11H,6-10H2,1-3H3,(H,24,27)(H,25,29). The van der Waals surface area contributed by atoms with Gasteiger partial charge in [0.2, 0.25) is 5.91 Å². The summed E-state index contributed by atoms with van der Waals surface area (Å²) in [5, 5.41) is 4.78. The van der Waals surface area contributed by atoms with Gasteiger partial charge in [-0.05, 0) is 49.1 Å². The summed E-state index contributed by atoms with van der Waals surface area (Å²) in [7, 11) is 0. The molecule has 0 bridgehead atoms. The SMILES string of the molecule is CC(C)(C)C1CCC2(CC1)NC(=O)N(CC(=O)Nc1ccc(F)c(F)c1F)C2=O. The van der Waals surface area contributed by atoms with Crippen LogP contribution in [0.3, 0.4) is 0 Å². The topological polar surface area (TPSA) is 78.5 Å². The summed E-state index contributed by atoms with van der Waals surface area (Å²) in [5.41, 5.74) is -1.49. The Balaban J connectivity index is 1.67. The minimum Gasteiger partial charge on any atom is -0.323 e. The van der Waals surface area contributed by atoms with E-state index in [2.05, 4.69) is 31.4 Å². The number of nitrogens with one attached hydrogen (secondary N) is 2. The summed E-state index contributed by atoms with van der Waals surface area (Å²) in [6.45, 7) is 5.77. The number of rotatable bonds is 3. The first-order chi connectivity index (χ1) is 13.4. The molecule has 0 atom stereocenters. The van der Waals surface area contributed by atoms with Crippen molar-refractivity contribution in [1.29, 1.82) is 0 Å². The number of amides is 4. The Morgan fingerprint density at radius 2 is 1.79 bits per heavy atom. The molecule has 1 aromatic carbocycles. The van der Waals surface area contributed by atoms with Crippen molar-refractivity contribution in [3.63, 3.8) is 0 Å². The summed E-state index contributed by atoms with van der Waals surface area (Å²) in [5.74, 6) is -5.61. The Labute approximate surface area is 166 Å². The van der Waals surface area contributed by atoms with E-state index < -0.39 is 53.1 Å². The van der Waals surface area contributed by atoms with Crippen LogP contribution in [0.4, 0.5) is 23.7 Å². The molecule has 158 valence electrons. The number of hydrogen-bond donors (Lipinski definition) is 2. The number of carbonyl (C=O) groups is 3. The lowest BCUT2D eigenvalue weighted by atomic mass is 9.67. The molecule has 0 unspecified atom stereocenters. The molecule has 9 heteroatoms. The van der Waals surface area contributed by atoms with Gasteiger partial charge in [-0.2, -0.15) is 0 Å². The molecule has 1 heterocycles. The number of hydrogen-bond acceptors (Lipinski definition) is 3. The van der Waals surface area contributed by atoms with Crippen LogP contribution in [0.15, 0.2) is 12.1 Å². The van der Waals surface area contributed by atoms with E-state index in [-0.39, 0.29) is 5.41 Å². The predicted molar refractivity (Wildman–Crippen MR) is 99.3 cm³/mol. The molecule has 1 aromatic rings. The lowest BCUT2D eigenvalue weighted by Gasteiger charge is -2.40. The first-order valence-electron chi connectivity index (χ1n) is 9.52. The average molecular weight is 411 g/mol. The number of nitrogens with zero attached hydrogens (tertiary/aromatic N) is 1. The Morgan fingerprint density at radius 3 is 2.38 bits per heavy atom. The summed E-state index contributed by atoms with van der Waals surface area (Å²) in [6, 6.07) is 0.849. The zero-order chi connectivity index (χ0) is 21.6. The van der Waals surface area contributed by atoms with E-state index in [1.165, 1.54) is 0 Å². The van der Waals surface area contributed by atoms with E-state index >= 15 is 0 Å². The molecule has 1 spiro atoms. The van der Waals surface area contributed by atoms with E-state index in [0.717, 1.165) is 23.8 Å². The molecule has 2 N–H and O–H groups in total. The highest BCUT2D eigenvalue weighted by atomic mass is 19.2. The molecule has 1 saturated carbocycles. The molecule has 1 aliphatic heterocycles. The monoisotopic (exact) mass is 411 g/mol. The van der Waals surface area contributed by atoms with E-state index in [0.29, 0.717) is 24.8 Å². The fourth-order valence-electron chi connectivity index (χ4n) is 4.09. The molecule has 2 fully saturated rings. The molecule has 4 amide bonds. The Morgan fingerprint density at radius 1 is 1.17 bits per heavy atom. The first kappa shape index (κ1) is 21.1. The number of urea groups is 1. The smallest absolute Gasteiger partial charge is 0.323 e. The quantitative estimate of drug-likeness (QED) is 0.590. The van der Waals surface area contributed by atoms with Gasteiger partial charge in [0, 0.05) is 0 Å². The van der Waals surface area contributed by atoms with Crippen molar-refractivity contribution in [2.75, 3.05) is 11.9 Å². The summed E-state index contributed by atoms with van der Waals surface area (Å²) in [4.78, 5) is 38.2. The van der Waals surface area contributed by atoms with Crippen LogP contribution in [0.25, 0.3) is 0 Å². The van der Waals surface area contributed by atoms with E-state index in [1.807, 2.05) is 0 Å². The number of imide groups is 1. The molecular formula is C20H24F3N3O3. The van der Waals surface area contributed by atoms with Crippen LogP contribution in [-0.4, -0.2) is 34.8 Å². The molecule has 2 aliphatic rings. The van der Waals surface area contributed by atoms with Gasteiger partial charge in [0.15, 0.2) is 17.5 Å². The van der Waals surface area contributed by atoms with Crippen molar-refractivity contribution in [3.05, 3.63) is 29.6 Å². The highest BCUT2D eigenvalue weighted by molar-refractivity contribution is 6.10. The Hall–Kier alpha value is -2.58. The molecule has 0 aromatic heterocycles. The second-order valence-electron chi connectivity index (χ2n) is 8.81. The van der Waals surface area contributed by atoms with Gasteiger partial charge in [0.1, 0.15) is 12.1 Å². The van der Waals surface area contributed by atoms with Crippen LogP contribution in [0.5, 0.6) is 0 Å². The summed E-state index contributed by atoms with van der Waals surface area (Å²) >= 11 is 0. The third-order valence-electron chi connectivity index (χ3n) is 5.92. The molecule has 1 aliphatic carbocycles. The minimum atomic E-state index is -1.72. The van der Waals surface area contributed by atoms with Crippen molar-refractivity contribution in [2.24, 2.45) is 11.3 Å². The van der Waals surface area contributed by atoms with Crippen LogP contribution in [0.1, 0.15) is 46.5 Å². The number of benzene rings is 1. The van der Waals surface area contributed by atoms with Gasteiger partial charge >= 0.3 is 6.03 Å². The number of anilines is 1. The fraction of sp³-hybridized carbons (Fsp3) is 0.550. The van der Waals surface area contributed by atoms with Crippen LogP contribution < -0.4 is 10.6 Å². The third kappa shape index (κ3) is 3.95. The van der Waals surface area contributed by atoms with Gasteiger partial charge in [-0.15, -0.1) is 0 Å². The molecule has 1 saturated heterocycles. The second kappa shape index (κ2) is 7.35. The van der Waals surface area contributed by atoms with Crippen molar-refractivity contribution in [3.8, 4) is 0 Å². The zero-order valence-electron chi connectivity index (χ0n) is 16.6. The van der Waals surface area contributed by atoms with Crippen molar-refractivity contribution < 1.29 is 27.6 Å².